The predicted molar refractivity (Wildman–Crippen MR) is 70.6 cm³/mol. The molecule has 1 aliphatic carbocycles. The van der Waals surface area contributed by atoms with Gasteiger partial charge in [-0.15, -0.1) is 0 Å². The molecule has 2 atom stereocenters. The molecule has 1 fully saturated rings. The molecule has 0 heterocycles. The van der Waals surface area contributed by atoms with E-state index < -0.39 is 0 Å². The van der Waals surface area contributed by atoms with Crippen LogP contribution in [-0.4, -0.2) is 41.4 Å². The molecule has 1 saturated carbocycles. The number of carbonyl (C=O) groups excluding carboxylic acids is 1. The molecule has 16 heavy (non-hydrogen) atoms. The fraction of sp³-hybridized carbons (Fsp3) is 0.917. The summed E-state index contributed by atoms with van der Waals surface area (Å²) in [6, 6.07) is 0.467. The van der Waals surface area contributed by atoms with E-state index in [9.17, 15) is 4.79 Å². The third-order valence-electron chi connectivity index (χ3n) is 3.30. The van der Waals surface area contributed by atoms with Crippen LogP contribution in [0.5, 0.6) is 0 Å². The van der Waals surface area contributed by atoms with E-state index in [2.05, 4.69) is 6.92 Å². The van der Waals surface area contributed by atoms with Gasteiger partial charge in [0, 0.05) is 24.8 Å². The number of nitrogens with two attached hydrogens (primary N) is 1. The fourth-order valence-electron chi connectivity index (χ4n) is 2.29. The normalized spacial score (nSPS) is 24.7. The highest BCUT2D eigenvalue weighted by Gasteiger charge is 2.29. The van der Waals surface area contributed by atoms with Gasteiger partial charge in [0.1, 0.15) is 0 Å². The summed E-state index contributed by atoms with van der Waals surface area (Å²) >= 11 is 2.03. The summed E-state index contributed by atoms with van der Waals surface area (Å²) in [5.74, 6) is 1.44. The van der Waals surface area contributed by atoms with Crippen LogP contribution in [0.4, 0.5) is 0 Å². The molecule has 0 aliphatic heterocycles. The Morgan fingerprint density at radius 2 is 2.25 bits per heavy atom. The number of hydrogen-bond donors (Lipinski definition) is 1. The minimum Gasteiger partial charge on any atom is -0.343 e. The van der Waals surface area contributed by atoms with Crippen LogP contribution in [0.1, 0.15) is 39.0 Å². The van der Waals surface area contributed by atoms with E-state index in [4.69, 9.17) is 5.73 Å². The molecule has 3 nitrogen and oxygen atoms in total. The standard InChI is InChI=1S/C12H24N2OS/c1-3-16-11-7-6-10(9-11)14(2)12(15)5-4-8-13/h10-11H,3-9,13H2,1-2H3/t10-,11+/m1/s1. The van der Waals surface area contributed by atoms with Gasteiger partial charge in [-0.25, -0.2) is 0 Å². The Balaban J connectivity index is 2.32. The fourth-order valence-corrected chi connectivity index (χ4v) is 3.42. The summed E-state index contributed by atoms with van der Waals surface area (Å²) in [5, 5.41) is 0.764. The molecule has 1 rings (SSSR count). The summed E-state index contributed by atoms with van der Waals surface area (Å²) in [6.07, 6.45) is 5.02. The molecule has 2 N–H and O–H groups in total. The average Bonchev–Trinajstić information content (AvgIpc) is 2.74. The zero-order valence-electron chi connectivity index (χ0n) is 10.4. The molecule has 4 heteroatoms. The van der Waals surface area contributed by atoms with Gasteiger partial charge in [-0.2, -0.15) is 11.8 Å². The Bertz CT molecular complexity index is 223. The van der Waals surface area contributed by atoms with Gasteiger partial charge in [-0.1, -0.05) is 6.92 Å². The van der Waals surface area contributed by atoms with Crippen LogP contribution in [0.2, 0.25) is 0 Å². The van der Waals surface area contributed by atoms with Gasteiger partial charge in [0.05, 0.1) is 0 Å². The van der Waals surface area contributed by atoms with Gasteiger partial charge < -0.3 is 10.6 Å². The summed E-state index contributed by atoms with van der Waals surface area (Å²) in [5.41, 5.74) is 5.42. The maximum Gasteiger partial charge on any atom is 0.222 e. The van der Waals surface area contributed by atoms with E-state index in [1.807, 2.05) is 23.7 Å². The van der Waals surface area contributed by atoms with Crippen molar-refractivity contribution < 1.29 is 4.79 Å². The molecule has 0 aromatic heterocycles. The van der Waals surface area contributed by atoms with Crippen molar-refractivity contribution in [3.05, 3.63) is 0 Å². The smallest absolute Gasteiger partial charge is 0.222 e. The summed E-state index contributed by atoms with van der Waals surface area (Å²) in [4.78, 5) is 13.8. The molecule has 0 bridgehead atoms. The number of amides is 1. The number of rotatable bonds is 6. The second-order valence-corrected chi connectivity index (χ2v) is 6.02. The highest BCUT2D eigenvalue weighted by atomic mass is 32.2. The summed E-state index contributed by atoms with van der Waals surface area (Å²) < 4.78 is 0. The van der Waals surface area contributed by atoms with Crippen LogP contribution in [-0.2, 0) is 4.79 Å². The van der Waals surface area contributed by atoms with Crippen LogP contribution in [0.3, 0.4) is 0 Å². The van der Waals surface area contributed by atoms with Crippen LogP contribution in [0, 0.1) is 0 Å². The first kappa shape index (κ1) is 13.8. The molecule has 0 unspecified atom stereocenters. The Morgan fingerprint density at radius 3 is 2.88 bits per heavy atom. The van der Waals surface area contributed by atoms with Crippen LogP contribution in [0.25, 0.3) is 0 Å². The molecule has 1 amide bonds. The lowest BCUT2D eigenvalue weighted by molar-refractivity contribution is -0.131. The Labute approximate surface area is 103 Å². The zero-order chi connectivity index (χ0) is 12.0. The maximum atomic E-state index is 11.8. The van der Waals surface area contributed by atoms with Crippen molar-refractivity contribution in [1.29, 1.82) is 0 Å². The minimum absolute atomic E-state index is 0.262. The van der Waals surface area contributed by atoms with E-state index in [0.717, 1.165) is 11.7 Å². The minimum atomic E-state index is 0.262. The molecule has 94 valence electrons. The van der Waals surface area contributed by atoms with Gasteiger partial charge in [-0.05, 0) is 38.0 Å². The monoisotopic (exact) mass is 244 g/mol. The van der Waals surface area contributed by atoms with Gasteiger partial charge >= 0.3 is 0 Å². The van der Waals surface area contributed by atoms with Crippen molar-refractivity contribution in [1.82, 2.24) is 4.90 Å². The third-order valence-corrected chi connectivity index (χ3v) is 4.53. The van der Waals surface area contributed by atoms with Crippen molar-refractivity contribution in [2.75, 3.05) is 19.3 Å². The second kappa shape index (κ2) is 7.17. The number of hydrogen-bond acceptors (Lipinski definition) is 3. The van der Waals surface area contributed by atoms with Gasteiger partial charge in [0.2, 0.25) is 5.91 Å². The van der Waals surface area contributed by atoms with Crippen LogP contribution in [0.15, 0.2) is 0 Å². The highest BCUT2D eigenvalue weighted by Crippen LogP contribution is 2.32. The quantitative estimate of drug-likeness (QED) is 0.776. The van der Waals surface area contributed by atoms with E-state index in [1.54, 1.807) is 0 Å². The van der Waals surface area contributed by atoms with E-state index in [-0.39, 0.29) is 5.91 Å². The van der Waals surface area contributed by atoms with Crippen molar-refractivity contribution in [3.63, 3.8) is 0 Å². The Morgan fingerprint density at radius 1 is 1.50 bits per heavy atom. The van der Waals surface area contributed by atoms with Crippen molar-refractivity contribution in [2.45, 2.75) is 50.3 Å². The zero-order valence-corrected chi connectivity index (χ0v) is 11.3. The molecule has 0 aromatic carbocycles. The lowest BCUT2D eigenvalue weighted by Gasteiger charge is -2.24. The molecular weight excluding hydrogens is 220 g/mol. The highest BCUT2D eigenvalue weighted by molar-refractivity contribution is 7.99. The van der Waals surface area contributed by atoms with Crippen molar-refractivity contribution in [2.24, 2.45) is 5.73 Å². The van der Waals surface area contributed by atoms with Crippen molar-refractivity contribution in [3.8, 4) is 0 Å². The first-order chi connectivity index (χ1) is 7.69. The first-order valence-electron chi connectivity index (χ1n) is 6.26. The molecule has 1 aliphatic rings. The largest absolute Gasteiger partial charge is 0.343 e. The van der Waals surface area contributed by atoms with Crippen molar-refractivity contribution >= 4 is 17.7 Å². The SMILES string of the molecule is CCS[C@H]1CC[C@@H](N(C)C(=O)CCCN)C1. The lowest BCUT2D eigenvalue weighted by atomic mass is 10.2. The van der Waals surface area contributed by atoms with E-state index >= 15 is 0 Å². The topological polar surface area (TPSA) is 46.3 Å². The predicted octanol–water partition coefficient (Wildman–Crippen LogP) is 1.86. The number of thioether (sulfide) groups is 1. The van der Waals surface area contributed by atoms with Crippen LogP contribution < -0.4 is 5.73 Å². The van der Waals surface area contributed by atoms with Gasteiger partial charge in [0.15, 0.2) is 0 Å². The molecule has 0 radical (unpaired) electrons. The molecule has 0 aromatic rings. The van der Waals surface area contributed by atoms with Gasteiger partial charge in [0.25, 0.3) is 0 Å². The Kier molecular flexibility index (Phi) is 6.21. The van der Waals surface area contributed by atoms with E-state index in [1.165, 1.54) is 25.0 Å². The lowest BCUT2D eigenvalue weighted by Crippen LogP contribution is -2.35. The Hall–Kier alpha value is -0.220. The summed E-state index contributed by atoms with van der Waals surface area (Å²) in [7, 11) is 1.95. The summed E-state index contributed by atoms with van der Waals surface area (Å²) in [6.45, 7) is 2.81. The molecule has 0 spiro atoms. The first-order valence-corrected chi connectivity index (χ1v) is 7.31. The average molecular weight is 244 g/mol. The molecular formula is C12H24N2OS. The molecule has 0 saturated heterocycles. The van der Waals surface area contributed by atoms with E-state index in [0.29, 0.717) is 19.0 Å². The number of nitrogens with zero attached hydrogens (tertiary/aromatic N) is 1. The van der Waals surface area contributed by atoms with Crippen LogP contribution >= 0.6 is 11.8 Å². The number of carbonyl (C=O) groups is 1. The maximum absolute atomic E-state index is 11.8. The third kappa shape index (κ3) is 3.98. The second-order valence-electron chi connectivity index (χ2n) is 4.44. The van der Waals surface area contributed by atoms with Gasteiger partial charge in [-0.3, -0.25) is 4.79 Å².